The van der Waals surface area contributed by atoms with Crippen molar-refractivity contribution >= 4 is 46.1 Å². The van der Waals surface area contributed by atoms with E-state index in [-0.39, 0.29) is 27.0 Å². The first-order chi connectivity index (χ1) is 15.2. The van der Waals surface area contributed by atoms with E-state index in [1.807, 2.05) is 0 Å². The summed E-state index contributed by atoms with van der Waals surface area (Å²) in [5, 5.41) is 2.98. The zero-order valence-corrected chi connectivity index (χ0v) is 18.3. The van der Waals surface area contributed by atoms with Gasteiger partial charge in [-0.05, 0) is 31.2 Å². The van der Waals surface area contributed by atoms with Crippen molar-refractivity contribution in [1.82, 2.24) is 25.3 Å². The van der Waals surface area contributed by atoms with E-state index in [1.165, 1.54) is 56.9 Å². The van der Waals surface area contributed by atoms with Crippen LogP contribution in [-0.4, -0.2) is 38.9 Å². The van der Waals surface area contributed by atoms with Gasteiger partial charge in [0.25, 0.3) is 5.91 Å². The predicted octanol–water partition coefficient (Wildman–Crippen LogP) is 4.22. The lowest BCUT2D eigenvalue weighted by Crippen LogP contribution is -2.50. The molecule has 0 aliphatic carbocycles. The molecular weight excluding hydrogens is 460 g/mol. The summed E-state index contributed by atoms with van der Waals surface area (Å²) in [5.41, 5.74) is -0.233. The van der Waals surface area contributed by atoms with E-state index in [9.17, 15) is 14.0 Å². The number of carbonyl (C=O) groups excluding carboxylic acids is 2. The van der Waals surface area contributed by atoms with Crippen LogP contribution < -0.4 is 5.32 Å². The minimum absolute atomic E-state index is 0.0879. The number of benzene rings is 2. The number of rotatable bonds is 5. The highest BCUT2D eigenvalue weighted by Crippen LogP contribution is 2.32. The molecule has 2 aromatic carbocycles. The number of halogens is 3. The molecule has 0 saturated heterocycles. The van der Waals surface area contributed by atoms with E-state index in [0.29, 0.717) is 16.7 Å². The lowest BCUT2D eigenvalue weighted by atomic mass is 9.97. The number of H-pyrrole nitrogens is 2. The average molecular weight is 476 g/mol. The Morgan fingerprint density at radius 2 is 2.00 bits per heavy atom. The van der Waals surface area contributed by atoms with Crippen LogP contribution in [0.3, 0.4) is 0 Å². The van der Waals surface area contributed by atoms with Crippen molar-refractivity contribution in [2.24, 2.45) is 0 Å². The van der Waals surface area contributed by atoms with Crippen molar-refractivity contribution in [2.75, 3.05) is 7.11 Å². The molecule has 0 fully saturated rings. The number of carbonyl (C=O) groups is 2. The van der Waals surface area contributed by atoms with Crippen molar-refractivity contribution in [3.63, 3.8) is 0 Å². The monoisotopic (exact) mass is 475 g/mol. The van der Waals surface area contributed by atoms with Crippen molar-refractivity contribution in [3.8, 4) is 11.4 Å². The minimum atomic E-state index is -1.52. The van der Waals surface area contributed by atoms with Crippen molar-refractivity contribution in [2.45, 2.75) is 12.5 Å². The number of hydrogen-bond acceptors (Lipinski definition) is 5. The second-order valence-corrected chi connectivity index (χ2v) is 7.89. The fourth-order valence-electron chi connectivity index (χ4n) is 3.31. The van der Waals surface area contributed by atoms with Gasteiger partial charge < -0.3 is 20.0 Å². The van der Waals surface area contributed by atoms with Gasteiger partial charge in [-0.25, -0.2) is 19.2 Å². The molecule has 4 aromatic rings. The van der Waals surface area contributed by atoms with E-state index in [0.717, 1.165) is 0 Å². The summed E-state index contributed by atoms with van der Waals surface area (Å²) in [6, 6.07) is 7.18. The maximum absolute atomic E-state index is 14.3. The summed E-state index contributed by atoms with van der Waals surface area (Å²) in [5.74, 6) is -1.69. The molecular formula is C21H16Cl2FN5O3. The van der Waals surface area contributed by atoms with E-state index >= 15 is 0 Å². The Bertz CT molecular complexity index is 1320. The van der Waals surface area contributed by atoms with Gasteiger partial charge in [0.2, 0.25) is 0 Å². The third kappa shape index (κ3) is 3.69. The summed E-state index contributed by atoms with van der Waals surface area (Å²) >= 11 is 12.5. The lowest BCUT2D eigenvalue weighted by molar-refractivity contribution is -0.148. The quantitative estimate of drug-likeness (QED) is 0.374. The summed E-state index contributed by atoms with van der Waals surface area (Å²) < 4.78 is 19.2. The standard InChI is InChI=1S/C21H16Cl2FN5O3/c1-21(20(31)32-2,15-8-25-9-26-15)29-19(30)10-6-12(23)17-14(7-10)27-18(28-17)16-11(22)4-3-5-13(16)24/h3-9H,1-2H3,(H,25,26)(H,27,28)(H,29,30). The number of fused-ring (bicyclic) bond motifs is 1. The van der Waals surface area contributed by atoms with Crippen LogP contribution in [0.4, 0.5) is 4.39 Å². The molecule has 1 unspecified atom stereocenters. The van der Waals surface area contributed by atoms with Gasteiger partial charge in [-0.1, -0.05) is 29.3 Å². The van der Waals surface area contributed by atoms with Crippen LogP contribution in [0, 0.1) is 5.82 Å². The van der Waals surface area contributed by atoms with Gasteiger partial charge in [-0.3, -0.25) is 4.79 Å². The SMILES string of the molecule is COC(=O)C(C)(NC(=O)c1cc(Cl)c2nc(-c3c(F)cccc3Cl)[nH]c2c1)c1cnc[nH]1. The smallest absolute Gasteiger partial charge is 0.337 e. The minimum Gasteiger partial charge on any atom is -0.467 e. The summed E-state index contributed by atoms with van der Waals surface area (Å²) in [6.07, 6.45) is 2.79. The maximum atomic E-state index is 14.3. The summed E-state index contributed by atoms with van der Waals surface area (Å²) in [6.45, 7) is 1.48. The molecule has 32 heavy (non-hydrogen) atoms. The normalized spacial score (nSPS) is 13.0. The number of ether oxygens (including phenoxy) is 1. The van der Waals surface area contributed by atoms with E-state index in [2.05, 4.69) is 25.3 Å². The average Bonchev–Trinajstić information content (AvgIpc) is 3.43. The van der Waals surface area contributed by atoms with Gasteiger partial charge in [0.05, 0.1) is 46.5 Å². The van der Waals surface area contributed by atoms with Crippen molar-refractivity contribution < 1.29 is 18.7 Å². The highest BCUT2D eigenvalue weighted by atomic mass is 35.5. The van der Waals surface area contributed by atoms with Gasteiger partial charge in [-0.2, -0.15) is 0 Å². The number of amides is 1. The lowest BCUT2D eigenvalue weighted by Gasteiger charge is -2.26. The van der Waals surface area contributed by atoms with Crippen molar-refractivity contribution in [1.29, 1.82) is 0 Å². The fraction of sp³-hybridized carbons (Fsp3) is 0.143. The molecule has 0 bridgehead atoms. The number of hydrogen-bond donors (Lipinski definition) is 3. The molecule has 0 aliphatic rings. The first-order valence-electron chi connectivity index (χ1n) is 9.28. The van der Waals surface area contributed by atoms with Gasteiger partial charge in [-0.15, -0.1) is 0 Å². The Labute approximate surface area is 191 Å². The number of methoxy groups -OCH3 is 1. The fourth-order valence-corrected chi connectivity index (χ4v) is 3.82. The number of imidazole rings is 2. The number of aromatic nitrogens is 4. The van der Waals surface area contributed by atoms with Crippen LogP contribution in [0.15, 0.2) is 42.9 Å². The molecule has 2 heterocycles. The Morgan fingerprint density at radius 1 is 1.22 bits per heavy atom. The molecule has 1 amide bonds. The third-order valence-electron chi connectivity index (χ3n) is 5.00. The van der Waals surface area contributed by atoms with Crippen LogP contribution >= 0.6 is 23.2 Å². The predicted molar refractivity (Wildman–Crippen MR) is 117 cm³/mol. The second kappa shape index (κ2) is 8.25. The first kappa shape index (κ1) is 21.8. The zero-order valence-electron chi connectivity index (χ0n) is 16.8. The highest BCUT2D eigenvalue weighted by Gasteiger charge is 2.40. The van der Waals surface area contributed by atoms with E-state index in [4.69, 9.17) is 27.9 Å². The van der Waals surface area contributed by atoms with Crippen LogP contribution in [-0.2, 0) is 15.1 Å². The highest BCUT2D eigenvalue weighted by molar-refractivity contribution is 6.35. The van der Waals surface area contributed by atoms with Gasteiger partial charge in [0.15, 0.2) is 5.54 Å². The molecule has 3 N–H and O–H groups in total. The third-order valence-corrected chi connectivity index (χ3v) is 5.60. The number of esters is 1. The number of nitrogens with zero attached hydrogens (tertiary/aromatic N) is 2. The Balaban J connectivity index is 1.73. The molecule has 4 rings (SSSR count). The maximum Gasteiger partial charge on any atom is 0.337 e. The largest absolute Gasteiger partial charge is 0.467 e. The van der Waals surface area contributed by atoms with Crippen LogP contribution in [0.2, 0.25) is 10.0 Å². The molecule has 164 valence electrons. The molecule has 2 aromatic heterocycles. The zero-order chi connectivity index (χ0) is 23.0. The number of aromatic amines is 2. The van der Waals surface area contributed by atoms with Crippen LogP contribution in [0.1, 0.15) is 23.0 Å². The molecule has 1 atom stereocenters. The molecule has 0 spiro atoms. The van der Waals surface area contributed by atoms with E-state index in [1.54, 1.807) is 0 Å². The van der Waals surface area contributed by atoms with Gasteiger partial charge in [0.1, 0.15) is 17.2 Å². The Morgan fingerprint density at radius 3 is 2.66 bits per heavy atom. The molecule has 0 saturated carbocycles. The topological polar surface area (TPSA) is 113 Å². The molecule has 0 radical (unpaired) electrons. The molecule has 11 heteroatoms. The van der Waals surface area contributed by atoms with Gasteiger partial charge >= 0.3 is 5.97 Å². The Hall–Kier alpha value is -3.43. The Kier molecular flexibility index (Phi) is 5.62. The number of nitrogens with one attached hydrogen (secondary N) is 3. The van der Waals surface area contributed by atoms with Crippen LogP contribution in [0.5, 0.6) is 0 Å². The van der Waals surface area contributed by atoms with Gasteiger partial charge in [0, 0.05) is 5.56 Å². The molecule has 8 nitrogen and oxygen atoms in total. The first-order valence-corrected chi connectivity index (χ1v) is 10.0. The molecule has 0 aliphatic heterocycles. The second-order valence-electron chi connectivity index (χ2n) is 7.07. The van der Waals surface area contributed by atoms with Crippen LogP contribution in [0.25, 0.3) is 22.4 Å². The van der Waals surface area contributed by atoms with Crippen molar-refractivity contribution in [3.05, 3.63) is 70.0 Å². The van der Waals surface area contributed by atoms with E-state index < -0.39 is 23.2 Å². The summed E-state index contributed by atoms with van der Waals surface area (Å²) in [4.78, 5) is 39.4. The summed E-state index contributed by atoms with van der Waals surface area (Å²) in [7, 11) is 1.21.